The van der Waals surface area contributed by atoms with E-state index in [0.29, 0.717) is 6.10 Å². The average Bonchev–Trinajstić information content (AvgIpc) is 3.02. The predicted octanol–water partition coefficient (Wildman–Crippen LogP) is 2.14. The molecule has 0 saturated carbocycles. The van der Waals surface area contributed by atoms with Crippen molar-refractivity contribution in [1.29, 1.82) is 0 Å². The van der Waals surface area contributed by atoms with Gasteiger partial charge in [0.2, 0.25) is 0 Å². The number of rotatable bonds is 5. The predicted molar refractivity (Wildman–Crippen MR) is 94.7 cm³/mol. The minimum Gasteiger partial charge on any atom is -0.490 e. The van der Waals surface area contributed by atoms with Crippen molar-refractivity contribution in [3.63, 3.8) is 0 Å². The molecule has 0 atom stereocenters. The molecular weight excluding hydrogens is 320 g/mol. The minimum atomic E-state index is -0.250. The van der Waals surface area contributed by atoms with Crippen molar-refractivity contribution in [1.82, 2.24) is 19.7 Å². The van der Waals surface area contributed by atoms with Crippen LogP contribution in [0.15, 0.2) is 30.6 Å². The Morgan fingerprint density at radius 1 is 1.20 bits per heavy atom. The first-order valence-electron chi connectivity index (χ1n) is 8.50. The van der Waals surface area contributed by atoms with Gasteiger partial charge >= 0.3 is 0 Å². The average molecular weight is 346 g/mol. The molecule has 25 heavy (non-hydrogen) atoms. The summed E-state index contributed by atoms with van der Waals surface area (Å²) in [5.41, 5.74) is 1.27. The van der Waals surface area contributed by atoms with Crippen molar-refractivity contribution in [3.8, 4) is 5.75 Å². The number of likely N-dealkylation sites (tertiary alicyclic amines) is 1. The van der Waals surface area contributed by atoms with Crippen molar-refractivity contribution in [3.05, 3.63) is 42.0 Å². The molecule has 1 saturated heterocycles. The number of carbonyl (C=O) groups is 1. The highest BCUT2D eigenvalue weighted by Crippen LogP contribution is 2.19. The van der Waals surface area contributed by atoms with Gasteiger partial charge in [-0.25, -0.2) is 0 Å². The smallest absolute Gasteiger partial charge is 0.290 e. The minimum absolute atomic E-state index is 0.250. The molecular formula is C18H26N4O3. The van der Waals surface area contributed by atoms with Crippen LogP contribution in [0.5, 0.6) is 5.75 Å². The molecule has 1 aromatic heterocycles. The number of carboxylic acid groups (broad SMARTS) is 1. The summed E-state index contributed by atoms with van der Waals surface area (Å²) in [7, 11) is 0. The fourth-order valence-corrected chi connectivity index (χ4v) is 2.84. The second-order valence-electron chi connectivity index (χ2n) is 6.15. The molecule has 7 heteroatoms. The number of nitrogens with zero attached hydrogens (tertiary/aromatic N) is 4. The fourth-order valence-electron chi connectivity index (χ4n) is 2.84. The Labute approximate surface area is 148 Å². The lowest BCUT2D eigenvalue weighted by Gasteiger charge is -2.32. The first-order valence-corrected chi connectivity index (χ1v) is 8.50. The van der Waals surface area contributed by atoms with Crippen LogP contribution in [-0.2, 0) is 11.3 Å². The summed E-state index contributed by atoms with van der Waals surface area (Å²) in [5, 5.41) is 14.8. The van der Waals surface area contributed by atoms with Gasteiger partial charge in [-0.15, -0.1) is 10.2 Å². The monoisotopic (exact) mass is 346 g/mol. The van der Waals surface area contributed by atoms with Gasteiger partial charge in [-0.2, -0.15) is 0 Å². The molecule has 1 aliphatic rings. The van der Waals surface area contributed by atoms with Crippen molar-refractivity contribution >= 4 is 6.47 Å². The third-order valence-electron chi connectivity index (χ3n) is 4.32. The lowest BCUT2D eigenvalue weighted by Crippen LogP contribution is -2.39. The molecule has 2 heterocycles. The first-order chi connectivity index (χ1) is 12.1. The van der Waals surface area contributed by atoms with Gasteiger partial charge in [-0.1, -0.05) is 17.7 Å². The Kier molecular flexibility index (Phi) is 7.40. The fraction of sp³-hybridized carbons (Fsp3) is 0.500. The molecule has 1 aliphatic heterocycles. The lowest BCUT2D eigenvalue weighted by molar-refractivity contribution is -0.122. The van der Waals surface area contributed by atoms with E-state index >= 15 is 0 Å². The summed E-state index contributed by atoms with van der Waals surface area (Å²) in [6.07, 6.45) is 4.34. The van der Waals surface area contributed by atoms with Crippen LogP contribution in [0, 0.1) is 13.8 Å². The molecule has 0 unspecified atom stereocenters. The van der Waals surface area contributed by atoms with E-state index in [1.54, 1.807) is 0 Å². The molecule has 136 valence electrons. The number of hydrogen-bond donors (Lipinski definition) is 1. The van der Waals surface area contributed by atoms with E-state index in [1.807, 2.05) is 13.3 Å². The van der Waals surface area contributed by atoms with Crippen LogP contribution in [0.25, 0.3) is 0 Å². The maximum atomic E-state index is 8.36. The van der Waals surface area contributed by atoms with Gasteiger partial charge in [-0.05, 0) is 38.8 Å². The highest BCUT2D eigenvalue weighted by atomic mass is 16.5. The molecule has 0 spiro atoms. The Morgan fingerprint density at radius 2 is 1.84 bits per heavy atom. The SMILES string of the molecule is Cc1ccc(OC2CCN(CCn3cnnc3C)CC2)cc1.O=CO. The molecule has 0 bridgehead atoms. The summed E-state index contributed by atoms with van der Waals surface area (Å²) in [4.78, 5) is 10.9. The van der Waals surface area contributed by atoms with E-state index in [9.17, 15) is 0 Å². The molecule has 3 rings (SSSR count). The van der Waals surface area contributed by atoms with Gasteiger partial charge in [0.25, 0.3) is 6.47 Å². The van der Waals surface area contributed by atoms with Crippen LogP contribution in [0.2, 0.25) is 0 Å². The third kappa shape index (κ3) is 6.19. The summed E-state index contributed by atoms with van der Waals surface area (Å²) in [6, 6.07) is 8.34. The van der Waals surface area contributed by atoms with Crippen LogP contribution >= 0.6 is 0 Å². The van der Waals surface area contributed by atoms with Crippen molar-refractivity contribution in [2.75, 3.05) is 19.6 Å². The van der Waals surface area contributed by atoms with E-state index in [0.717, 1.165) is 50.6 Å². The first kappa shape index (κ1) is 18.9. The highest BCUT2D eigenvalue weighted by Gasteiger charge is 2.20. The number of piperidine rings is 1. The molecule has 1 aromatic carbocycles. The lowest BCUT2D eigenvalue weighted by atomic mass is 10.1. The molecule has 2 aromatic rings. The molecule has 1 fully saturated rings. The van der Waals surface area contributed by atoms with E-state index in [-0.39, 0.29) is 6.47 Å². The summed E-state index contributed by atoms with van der Waals surface area (Å²) >= 11 is 0. The van der Waals surface area contributed by atoms with Crippen LogP contribution in [0.4, 0.5) is 0 Å². The molecule has 0 radical (unpaired) electrons. The highest BCUT2D eigenvalue weighted by molar-refractivity contribution is 5.32. The molecule has 1 N–H and O–H groups in total. The number of hydrogen-bond acceptors (Lipinski definition) is 5. The van der Waals surface area contributed by atoms with Crippen LogP contribution < -0.4 is 4.74 Å². The normalized spacial score (nSPS) is 15.3. The van der Waals surface area contributed by atoms with Gasteiger partial charge in [-0.3, -0.25) is 4.79 Å². The summed E-state index contributed by atoms with van der Waals surface area (Å²) in [6.45, 7) is 8.04. The standard InChI is InChI=1S/C17H24N4O.CH2O2/c1-14-3-5-16(6-4-14)22-17-7-9-20(10-8-17)11-12-21-13-18-19-15(21)2;2-1-3/h3-6,13,17H,7-12H2,1-2H3;1H,(H,2,3). The Balaban J connectivity index is 0.000000701. The Hall–Kier alpha value is -2.41. The summed E-state index contributed by atoms with van der Waals surface area (Å²) in [5.74, 6) is 1.97. The third-order valence-corrected chi connectivity index (χ3v) is 4.32. The Morgan fingerprint density at radius 3 is 2.40 bits per heavy atom. The van der Waals surface area contributed by atoms with E-state index in [4.69, 9.17) is 14.6 Å². The maximum absolute atomic E-state index is 8.36. The number of benzene rings is 1. The maximum Gasteiger partial charge on any atom is 0.290 e. The van der Waals surface area contributed by atoms with Gasteiger partial charge < -0.3 is 19.3 Å². The number of aryl methyl sites for hydroxylation is 2. The van der Waals surface area contributed by atoms with Crippen LogP contribution in [0.1, 0.15) is 24.2 Å². The second-order valence-corrected chi connectivity index (χ2v) is 6.15. The zero-order valence-corrected chi connectivity index (χ0v) is 14.8. The largest absolute Gasteiger partial charge is 0.490 e. The number of ether oxygens (including phenoxy) is 1. The molecule has 7 nitrogen and oxygen atoms in total. The zero-order chi connectivity index (χ0) is 18.1. The summed E-state index contributed by atoms with van der Waals surface area (Å²) < 4.78 is 8.18. The van der Waals surface area contributed by atoms with E-state index in [2.05, 4.69) is 50.9 Å². The van der Waals surface area contributed by atoms with Crippen molar-refractivity contribution in [2.24, 2.45) is 0 Å². The topological polar surface area (TPSA) is 80.5 Å². The molecule has 0 amide bonds. The van der Waals surface area contributed by atoms with Gasteiger partial charge in [0.15, 0.2) is 0 Å². The van der Waals surface area contributed by atoms with Gasteiger partial charge in [0, 0.05) is 26.2 Å². The van der Waals surface area contributed by atoms with Gasteiger partial charge in [0.05, 0.1) is 0 Å². The van der Waals surface area contributed by atoms with Gasteiger partial charge in [0.1, 0.15) is 24.0 Å². The number of aromatic nitrogens is 3. The Bertz CT molecular complexity index is 634. The van der Waals surface area contributed by atoms with Crippen LogP contribution in [-0.4, -0.2) is 57.0 Å². The van der Waals surface area contributed by atoms with Crippen molar-refractivity contribution < 1.29 is 14.6 Å². The van der Waals surface area contributed by atoms with Crippen molar-refractivity contribution in [2.45, 2.75) is 39.3 Å². The van der Waals surface area contributed by atoms with E-state index < -0.39 is 0 Å². The quantitative estimate of drug-likeness (QED) is 0.836. The zero-order valence-electron chi connectivity index (χ0n) is 14.8. The van der Waals surface area contributed by atoms with Crippen LogP contribution in [0.3, 0.4) is 0 Å². The van der Waals surface area contributed by atoms with E-state index in [1.165, 1.54) is 5.56 Å². The molecule has 0 aliphatic carbocycles. The second kappa shape index (κ2) is 9.78.